The van der Waals surface area contributed by atoms with Crippen LogP contribution in [0.1, 0.15) is 6.92 Å². The van der Waals surface area contributed by atoms with Gasteiger partial charge >= 0.3 is 0 Å². The Morgan fingerprint density at radius 1 is 1.42 bits per heavy atom. The fourth-order valence-electron chi connectivity index (χ4n) is 1.21. The molecule has 0 amide bonds. The monoisotopic (exact) mass is 179 g/mol. The predicted octanol–water partition coefficient (Wildman–Crippen LogP) is 1.94. The molecule has 0 bridgehead atoms. The van der Waals surface area contributed by atoms with Crippen molar-refractivity contribution < 1.29 is 4.43 Å². The summed E-state index contributed by atoms with van der Waals surface area (Å²) in [5.74, 6) is 0. The molecule has 1 radical (unpaired) electrons. The molecule has 0 N–H and O–H groups in total. The summed E-state index contributed by atoms with van der Waals surface area (Å²) >= 11 is 0. The van der Waals surface area contributed by atoms with E-state index in [1.54, 1.807) is 0 Å². The van der Waals surface area contributed by atoms with Crippen molar-refractivity contribution in [1.29, 1.82) is 0 Å². The van der Waals surface area contributed by atoms with Gasteiger partial charge in [-0.15, -0.1) is 0 Å². The molecule has 0 atom stereocenters. The Morgan fingerprint density at radius 3 is 2.67 bits per heavy atom. The van der Waals surface area contributed by atoms with E-state index >= 15 is 0 Å². The van der Waals surface area contributed by atoms with Crippen LogP contribution in [0.3, 0.4) is 0 Å². The molecule has 0 saturated heterocycles. The van der Waals surface area contributed by atoms with Crippen LogP contribution in [0.4, 0.5) is 0 Å². The second kappa shape index (κ2) is 3.87. The minimum absolute atomic E-state index is 0.794. The molecule has 0 aromatic heterocycles. The van der Waals surface area contributed by atoms with Gasteiger partial charge in [-0.2, -0.15) is 0 Å². The van der Waals surface area contributed by atoms with Gasteiger partial charge in [-0.25, -0.2) is 0 Å². The van der Waals surface area contributed by atoms with E-state index in [-0.39, 0.29) is 0 Å². The van der Waals surface area contributed by atoms with E-state index in [0.717, 1.165) is 6.61 Å². The Labute approximate surface area is 75.5 Å². The predicted molar refractivity (Wildman–Crippen MR) is 54.0 cm³/mol. The number of rotatable bonds is 3. The van der Waals surface area contributed by atoms with E-state index in [0.29, 0.717) is 0 Å². The van der Waals surface area contributed by atoms with Crippen LogP contribution in [-0.4, -0.2) is 14.9 Å². The van der Waals surface area contributed by atoms with Crippen LogP contribution in [0.5, 0.6) is 0 Å². The molecule has 0 saturated carbocycles. The lowest BCUT2D eigenvalue weighted by molar-refractivity contribution is 0.339. The zero-order chi connectivity index (χ0) is 9.03. The Balaban J connectivity index is 2.82. The van der Waals surface area contributed by atoms with Crippen molar-refractivity contribution in [2.24, 2.45) is 0 Å². The third-order valence-electron chi connectivity index (χ3n) is 1.86. The Bertz CT molecular complexity index is 231. The third-order valence-corrected chi connectivity index (χ3v) is 4.48. The average molecular weight is 179 g/mol. The normalized spacial score (nSPS) is 11.6. The highest BCUT2D eigenvalue weighted by atomic mass is 28.4. The molecular weight excluding hydrogens is 164 g/mol. The average Bonchev–Trinajstić information content (AvgIpc) is 2.06. The molecule has 0 fully saturated rings. The first-order valence-electron chi connectivity index (χ1n) is 4.28. The molecule has 1 nitrogen and oxygen atoms in total. The highest BCUT2D eigenvalue weighted by Gasteiger charge is 2.23. The standard InChI is InChI=1S/C10H15OSi/c1-4-11-12(2,3)10-8-6-5-7-9-10/h5-8H,4H2,1-3H3. The molecule has 0 aliphatic rings. The number of hydrogen-bond donors (Lipinski definition) is 0. The molecule has 1 aromatic rings. The Hall–Kier alpha value is -0.603. The second-order valence-electron chi connectivity index (χ2n) is 3.22. The van der Waals surface area contributed by atoms with Crippen molar-refractivity contribution >= 4 is 13.5 Å². The summed E-state index contributed by atoms with van der Waals surface area (Å²) in [5, 5.41) is 1.24. The van der Waals surface area contributed by atoms with Gasteiger partial charge in [0.25, 0.3) is 0 Å². The maximum absolute atomic E-state index is 5.72. The SMILES string of the molecule is CCO[Si](C)(C)c1[c]cccc1. The van der Waals surface area contributed by atoms with Crippen LogP contribution in [0.25, 0.3) is 0 Å². The van der Waals surface area contributed by atoms with Crippen LogP contribution in [0.15, 0.2) is 24.3 Å². The summed E-state index contributed by atoms with van der Waals surface area (Å²) in [6.07, 6.45) is 0. The zero-order valence-electron chi connectivity index (χ0n) is 7.92. The van der Waals surface area contributed by atoms with E-state index in [2.05, 4.69) is 25.2 Å². The van der Waals surface area contributed by atoms with Gasteiger partial charge in [-0.3, -0.25) is 0 Å². The summed E-state index contributed by atoms with van der Waals surface area (Å²) in [6, 6.07) is 11.3. The molecule has 0 spiro atoms. The van der Waals surface area contributed by atoms with Crippen molar-refractivity contribution in [2.75, 3.05) is 6.61 Å². The van der Waals surface area contributed by atoms with E-state index in [4.69, 9.17) is 4.43 Å². The second-order valence-corrected chi connectivity index (χ2v) is 7.07. The highest BCUT2D eigenvalue weighted by molar-refractivity contribution is 6.84. The van der Waals surface area contributed by atoms with Gasteiger partial charge in [-0.1, -0.05) is 24.3 Å². The first-order valence-corrected chi connectivity index (χ1v) is 7.19. The van der Waals surface area contributed by atoms with Gasteiger partial charge in [-0.05, 0) is 31.3 Å². The lowest BCUT2D eigenvalue weighted by atomic mass is 10.4. The minimum Gasteiger partial charge on any atom is -0.413 e. The van der Waals surface area contributed by atoms with E-state index in [9.17, 15) is 0 Å². The first-order chi connectivity index (χ1) is 5.67. The van der Waals surface area contributed by atoms with Gasteiger partial charge in [0.05, 0.1) is 0 Å². The number of benzene rings is 1. The minimum atomic E-state index is -1.63. The maximum Gasteiger partial charge on any atom is 0.218 e. The molecule has 0 unspecified atom stereocenters. The van der Waals surface area contributed by atoms with Gasteiger partial charge in [0, 0.05) is 6.61 Å². The van der Waals surface area contributed by atoms with Crippen LogP contribution < -0.4 is 5.19 Å². The van der Waals surface area contributed by atoms with Crippen LogP contribution in [-0.2, 0) is 4.43 Å². The van der Waals surface area contributed by atoms with Crippen molar-refractivity contribution in [3.63, 3.8) is 0 Å². The van der Waals surface area contributed by atoms with Crippen molar-refractivity contribution in [3.8, 4) is 0 Å². The molecule has 0 aliphatic heterocycles. The maximum atomic E-state index is 5.72. The third kappa shape index (κ3) is 2.19. The van der Waals surface area contributed by atoms with Crippen LogP contribution in [0.2, 0.25) is 13.1 Å². The smallest absolute Gasteiger partial charge is 0.218 e. The zero-order valence-corrected chi connectivity index (χ0v) is 8.92. The molecule has 1 rings (SSSR count). The molecule has 1 aromatic carbocycles. The number of hydrogen-bond acceptors (Lipinski definition) is 1. The summed E-state index contributed by atoms with van der Waals surface area (Å²) in [7, 11) is -1.63. The largest absolute Gasteiger partial charge is 0.413 e. The fourth-order valence-corrected chi connectivity index (χ4v) is 3.01. The molecule has 65 valence electrons. The molecule has 0 aliphatic carbocycles. The topological polar surface area (TPSA) is 9.23 Å². The lowest BCUT2D eigenvalue weighted by Gasteiger charge is -2.21. The van der Waals surface area contributed by atoms with Crippen molar-refractivity contribution in [1.82, 2.24) is 0 Å². The van der Waals surface area contributed by atoms with Gasteiger partial charge in [0.2, 0.25) is 8.32 Å². The Kier molecular flexibility index (Phi) is 3.06. The van der Waals surface area contributed by atoms with E-state index in [1.165, 1.54) is 5.19 Å². The lowest BCUT2D eigenvalue weighted by Crippen LogP contribution is -2.44. The summed E-state index contributed by atoms with van der Waals surface area (Å²) in [6.45, 7) is 7.23. The molecule has 12 heavy (non-hydrogen) atoms. The fraction of sp³-hybridized carbons (Fsp3) is 0.400. The van der Waals surface area contributed by atoms with Crippen molar-refractivity contribution in [3.05, 3.63) is 30.3 Å². The van der Waals surface area contributed by atoms with E-state index < -0.39 is 8.32 Å². The van der Waals surface area contributed by atoms with Gasteiger partial charge < -0.3 is 4.43 Å². The molecule has 0 heterocycles. The molecule has 2 heteroatoms. The van der Waals surface area contributed by atoms with Crippen LogP contribution >= 0.6 is 0 Å². The summed E-state index contributed by atoms with van der Waals surface area (Å²) < 4.78 is 5.72. The van der Waals surface area contributed by atoms with Crippen molar-refractivity contribution in [2.45, 2.75) is 20.0 Å². The quantitative estimate of drug-likeness (QED) is 0.644. The molecular formula is C10H15OSi. The summed E-state index contributed by atoms with van der Waals surface area (Å²) in [4.78, 5) is 0. The van der Waals surface area contributed by atoms with Crippen LogP contribution in [0, 0.1) is 6.07 Å². The Morgan fingerprint density at radius 2 is 2.17 bits per heavy atom. The van der Waals surface area contributed by atoms with Gasteiger partial charge in [0.15, 0.2) is 0 Å². The summed E-state index contributed by atoms with van der Waals surface area (Å²) in [5.41, 5.74) is 0. The van der Waals surface area contributed by atoms with Gasteiger partial charge in [0.1, 0.15) is 0 Å². The first kappa shape index (κ1) is 9.48. The highest BCUT2D eigenvalue weighted by Crippen LogP contribution is 2.03. The van der Waals surface area contributed by atoms with E-state index in [1.807, 2.05) is 25.1 Å².